The van der Waals surface area contributed by atoms with Crippen molar-refractivity contribution in [3.05, 3.63) is 6.92 Å². The average Bonchev–Trinajstić information content (AvgIpc) is 2.12. The minimum absolute atomic E-state index is 0.331. The van der Waals surface area contributed by atoms with Crippen LogP contribution >= 0.6 is 0 Å². The van der Waals surface area contributed by atoms with E-state index in [1.807, 2.05) is 6.92 Å². The molecule has 1 unspecified atom stereocenters. The molecule has 0 aromatic carbocycles. The number of nitrogens with one attached hydrogen (secondary N) is 1. The summed E-state index contributed by atoms with van der Waals surface area (Å²) in [5.74, 6) is 1.39. The molecule has 0 aromatic heterocycles. The van der Waals surface area contributed by atoms with Crippen molar-refractivity contribution in [3.8, 4) is 0 Å². The molecule has 1 heterocycles. The molecule has 1 atom stereocenters. The van der Waals surface area contributed by atoms with E-state index in [0.29, 0.717) is 5.92 Å². The molecule has 1 aliphatic rings. The van der Waals surface area contributed by atoms with Gasteiger partial charge in [-0.3, -0.25) is 4.99 Å². The van der Waals surface area contributed by atoms with Crippen LogP contribution in [0.4, 0.5) is 0 Å². The van der Waals surface area contributed by atoms with Crippen molar-refractivity contribution in [2.75, 3.05) is 13.1 Å². The van der Waals surface area contributed by atoms with Crippen LogP contribution in [0.5, 0.6) is 0 Å². The average molecular weight is 111 g/mol. The Bertz CT molecular complexity index is 105. The lowest BCUT2D eigenvalue weighted by Gasteiger charge is -2.02. The van der Waals surface area contributed by atoms with Gasteiger partial charge < -0.3 is 5.32 Å². The minimum Gasteiger partial charge on any atom is -0.372 e. The molecule has 1 N–H and O–H groups in total. The van der Waals surface area contributed by atoms with Crippen molar-refractivity contribution < 1.29 is 0 Å². The number of rotatable bonds is 1. The fourth-order valence-corrected chi connectivity index (χ4v) is 0.746. The highest BCUT2D eigenvalue weighted by molar-refractivity contribution is 5.85. The highest BCUT2D eigenvalue weighted by Crippen LogP contribution is 1.96. The van der Waals surface area contributed by atoms with Crippen LogP contribution in [0, 0.1) is 12.8 Å². The first-order valence-electron chi connectivity index (χ1n) is 2.92. The molecule has 45 valence electrons. The monoisotopic (exact) mass is 111 g/mol. The van der Waals surface area contributed by atoms with Gasteiger partial charge in [-0.25, -0.2) is 0 Å². The molecular formula is C6H11N2. The van der Waals surface area contributed by atoms with Crippen LogP contribution in [-0.4, -0.2) is 18.9 Å². The first kappa shape index (κ1) is 5.60. The van der Waals surface area contributed by atoms with Crippen LogP contribution in [-0.2, 0) is 0 Å². The zero-order valence-corrected chi connectivity index (χ0v) is 5.15. The lowest BCUT2D eigenvalue weighted by atomic mass is 10.2. The zero-order chi connectivity index (χ0) is 5.98. The van der Waals surface area contributed by atoms with Gasteiger partial charge in [-0.05, 0) is 6.92 Å². The number of hydrogen-bond acceptors (Lipinski definition) is 2. The molecule has 8 heavy (non-hydrogen) atoms. The Kier molecular flexibility index (Phi) is 1.51. The molecule has 0 saturated heterocycles. The maximum atomic E-state index is 4.18. The second-order valence-corrected chi connectivity index (χ2v) is 2.09. The molecule has 2 nitrogen and oxygen atoms in total. The molecule has 0 bridgehead atoms. The SMILES string of the molecule is [CH2]C(C)C1=NCCN1. The Balaban J connectivity index is 2.45. The summed E-state index contributed by atoms with van der Waals surface area (Å²) < 4.78 is 0. The Morgan fingerprint density at radius 3 is 2.88 bits per heavy atom. The fraction of sp³-hybridized carbons (Fsp3) is 0.667. The van der Waals surface area contributed by atoms with Crippen molar-refractivity contribution in [2.24, 2.45) is 10.9 Å². The Hall–Kier alpha value is -0.530. The van der Waals surface area contributed by atoms with E-state index in [2.05, 4.69) is 17.2 Å². The summed E-state index contributed by atoms with van der Waals surface area (Å²) in [5.41, 5.74) is 0. The van der Waals surface area contributed by atoms with E-state index in [1.165, 1.54) is 0 Å². The molecule has 0 aromatic rings. The van der Waals surface area contributed by atoms with Gasteiger partial charge in [0.05, 0.1) is 12.4 Å². The molecule has 0 amide bonds. The summed E-state index contributed by atoms with van der Waals surface area (Å²) in [6, 6.07) is 0. The van der Waals surface area contributed by atoms with Crippen molar-refractivity contribution in [2.45, 2.75) is 6.92 Å². The Morgan fingerprint density at radius 2 is 2.62 bits per heavy atom. The molecule has 0 spiro atoms. The lowest BCUT2D eigenvalue weighted by molar-refractivity contribution is 0.904. The van der Waals surface area contributed by atoms with Gasteiger partial charge in [-0.1, -0.05) is 6.92 Å². The number of aliphatic imine (C=N–C) groups is 1. The van der Waals surface area contributed by atoms with Crippen molar-refractivity contribution in [1.29, 1.82) is 0 Å². The van der Waals surface area contributed by atoms with Crippen LogP contribution in [0.3, 0.4) is 0 Å². The number of amidine groups is 1. The zero-order valence-electron chi connectivity index (χ0n) is 5.15. The first-order valence-corrected chi connectivity index (χ1v) is 2.92. The van der Waals surface area contributed by atoms with E-state index in [1.54, 1.807) is 0 Å². The van der Waals surface area contributed by atoms with Gasteiger partial charge in [0, 0.05) is 12.5 Å². The van der Waals surface area contributed by atoms with Gasteiger partial charge >= 0.3 is 0 Å². The lowest BCUT2D eigenvalue weighted by Crippen LogP contribution is -2.23. The normalized spacial score (nSPS) is 18.6. The molecule has 1 rings (SSSR count). The molecule has 1 radical (unpaired) electrons. The molecule has 0 aliphatic carbocycles. The second kappa shape index (κ2) is 2.16. The summed E-state index contributed by atoms with van der Waals surface area (Å²) in [5, 5.41) is 3.14. The standard InChI is InChI=1S/C6H11N2/c1-5(2)6-7-3-4-8-6/h5H,1,3-4H2,2H3,(H,7,8). The maximum Gasteiger partial charge on any atom is 0.0993 e. The molecule has 2 heteroatoms. The third kappa shape index (κ3) is 0.997. The van der Waals surface area contributed by atoms with Crippen LogP contribution in [0.15, 0.2) is 4.99 Å². The van der Waals surface area contributed by atoms with E-state index < -0.39 is 0 Å². The summed E-state index contributed by atoms with van der Waals surface area (Å²) in [4.78, 5) is 4.18. The van der Waals surface area contributed by atoms with E-state index in [9.17, 15) is 0 Å². The van der Waals surface area contributed by atoms with Gasteiger partial charge in [0.1, 0.15) is 0 Å². The largest absolute Gasteiger partial charge is 0.372 e. The van der Waals surface area contributed by atoms with Crippen LogP contribution in [0.2, 0.25) is 0 Å². The summed E-state index contributed by atoms with van der Waals surface area (Å²) >= 11 is 0. The summed E-state index contributed by atoms with van der Waals surface area (Å²) in [7, 11) is 0. The smallest absolute Gasteiger partial charge is 0.0993 e. The van der Waals surface area contributed by atoms with Gasteiger partial charge in [-0.2, -0.15) is 0 Å². The van der Waals surface area contributed by atoms with Gasteiger partial charge in [0.2, 0.25) is 0 Å². The van der Waals surface area contributed by atoms with Gasteiger partial charge in [-0.15, -0.1) is 0 Å². The quantitative estimate of drug-likeness (QED) is 0.522. The van der Waals surface area contributed by atoms with Crippen molar-refractivity contribution in [3.63, 3.8) is 0 Å². The predicted octanol–water partition coefficient (Wildman–Crippen LogP) is 0.458. The highest BCUT2D eigenvalue weighted by atomic mass is 15.1. The first-order chi connectivity index (χ1) is 3.80. The molecule has 0 saturated carbocycles. The third-order valence-corrected chi connectivity index (χ3v) is 1.17. The second-order valence-electron chi connectivity index (χ2n) is 2.09. The number of nitrogens with zero attached hydrogens (tertiary/aromatic N) is 1. The number of hydrogen-bond donors (Lipinski definition) is 1. The fourth-order valence-electron chi connectivity index (χ4n) is 0.746. The molecule has 1 aliphatic heterocycles. The summed E-state index contributed by atoms with van der Waals surface area (Å²) in [6.07, 6.45) is 0. The Morgan fingerprint density at radius 1 is 1.88 bits per heavy atom. The van der Waals surface area contributed by atoms with Gasteiger partial charge in [0.25, 0.3) is 0 Å². The highest BCUT2D eigenvalue weighted by Gasteiger charge is 2.07. The van der Waals surface area contributed by atoms with Crippen molar-refractivity contribution in [1.82, 2.24) is 5.32 Å². The van der Waals surface area contributed by atoms with Gasteiger partial charge in [0.15, 0.2) is 0 Å². The van der Waals surface area contributed by atoms with E-state index in [4.69, 9.17) is 0 Å². The molecule has 0 fully saturated rings. The molecular weight excluding hydrogens is 100 g/mol. The topological polar surface area (TPSA) is 24.4 Å². The van der Waals surface area contributed by atoms with Crippen LogP contribution in [0.25, 0.3) is 0 Å². The predicted molar refractivity (Wildman–Crippen MR) is 34.8 cm³/mol. The van der Waals surface area contributed by atoms with E-state index in [-0.39, 0.29) is 0 Å². The summed E-state index contributed by atoms with van der Waals surface area (Å²) in [6.45, 7) is 7.79. The van der Waals surface area contributed by atoms with E-state index >= 15 is 0 Å². The maximum absolute atomic E-state index is 4.18. The minimum atomic E-state index is 0.331. The Labute approximate surface area is 50.0 Å². The van der Waals surface area contributed by atoms with E-state index in [0.717, 1.165) is 18.9 Å². The van der Waals surface area contributed by atoms with Crippen LogP contribution < -0.4 is 5.32 Å². The van der Waals surface area contributed by atoms with Crippen LogP contribution in [0.1, 0.15) is 6.92 Å². The third-order valence-electron chi connectivity index (χ3n) is 1.17. The van der Waals surface area contributed by atoms with Crippen molar-refractivity contribution >= 4 is 5.84 Å².